The molecule has 1 aliphatic rings. The lowest BCUT2D eigenvalue weighted by atomic mass is 10.2. The number of para-hydroxylation sites is 2. The minimum atomic E-state index is -0.0820. The second kappa shape index (κ2) is 7.00. The van der Waals surface area contributed by atoms with Crippen LogP contribution in [0.15, 0.2) is 48.8 Å². The lowest BCUT2D eigenvalue weighted by Gasteiger charge is -2.27. The molecule has 0 amide bonds. The molecule has 2 aromatic heterocycles. The first-order chi connectivity index (χ1) is 12.7. The molecule has 0 spiro atoms. The molecule has 6 heteroatoms. The Bertz CT molecular complexity index is 915. The number of aryl methyl sites for hydroxylation is 1. The van der Waals surface area contributed by atoms with Gasteiger partial charge in [0.15, 0.2) is 17.3 Å². The Hall–Kier alpha value is -3.15. The molecule has 1 aromatic carbocycles. The normalized spacial score (nSPS) is 15.5. The Kier molecular flexibility index (Phi) is 4.39. The van der Waals surface area contributed by atoms with E-state index in [1.807, 2.05) is 50.2 Å². The van der Waals surface area contributed by atoms with Crippen LogP contribution in [-0.4, -0.2) is 34.2 Å². The molecule has 0 radical (unpaired) electrons. The summed E-state index contributed by atoms with van der Waals surface area (Å²) in [7, 11) is 0. The van der Waals surface area contributed by atoms with Gasteiger partial charge in [0, 0.05) is 29.2 Å². The number of ether oxygens (including phenoxy) is 2. The third-order valence-corrected chi connectivity index (χ3v) is 4.37. The van der Waals surface area contributed by atoms with Crippen molar-refractivity contribution in [3.8, 4) is 22.9 Å². The van der Waals surface area contributed by atoms with Gasteiger partial charge in [-0.15, -0.1) is 0 Å². The SMILES string of the molecule is Cc1nc(-c2cccnc2)nc(NCC2COc3ccccc3O2)c1C. The number of aromatic nitrogens is 3. The van der Waals surface area contributed by atoms with Gasteiger partial charge < -0.3 is 14.8 Å². The molecule has 26 heavy (non-hydrogen) atoms. The minimum Gasteiger partial charge on any atom is -0.486 e. The summed E-state index contributed by atoms with van der Waals surface area (Å²) >= 11 is 0. The molecule has 1 N–H and O–H groups in total. The van der Waals surface area contributed by atoms with E-state index in [4.69, 9.17) is 9.47 Å². The summed E-state index contributed by atoms with van der Waals surface area (Å²) in [6, 6.07) is 11.5. The lowest BCUT2D eigenvalue weighted by molar-refractivity contribution is 0.0997. The number of anilines is 1. The maximum Gasteiger partial charge on any atom is 0.163 e. The molecule has 1 aliphatic heterocycles. The number of benzene rings is 1. The molecule has 6 nitrogen and oxygen atoms in total. The lowest BCUT2D eigenvalue weighted by Crippen LogP contribution is -2.35. The third-order valence-electron chi connectivity index (χ3n) is 4.37. The van der Waals surface area contributed by atoms with Crippen molar-refractivity contribution in [1.82, 2.24) is 15.0 Å². The van der Waals surface area contributed by atoms with Gasteiger partial charge in [-0.1, -0.05) is 12.1 Å². The van der Waals surface area contributed by atoms with Crippen molar-refractivity contribution in [3.63, 3.8) is 0 Å². The average molecular weight is 348 g/mol. The quantitative estimate of drug-likeness (QED) is 0.779. The number of hydrogen-bond acceptors (Lipinski definition) is 6. The van der Waals surface area contributed by atoms with Gasteiger partial charge in [-0.05, 0) is 38.1 Å². The van der Waals surface area contributed by atoms with Crippen molar-refractivity contribution >= 4 is 5.82 Å². The second-order valence-electron chi connectivity index (χ2n) is 6.23. The Labute approximate surface area is 152 Å². The van der Waals surface area contributed by atoms with Crippen molar-refractivity contribution in [2.24, 2.45) is 0 Å². The first-order valence-electron chi connectivity index (χ1n) is 8.58. The Morgan fingerprint density at radius 2 is 1.92 bits per heavy atom. The van der Waals surface area contributed by atoms with Crippen LogP contribution >= 0.6 is 0 Å². The van der Waals surface area contributed by atoms with E-state index in [2.05, 4.69) is 20.3 Å². The molecule has 1 unspecified atom stereocenters. The van der Waals surface area contributed by atoms with Gasteiger partial charge in [0.25, 0.3) is 0 Å². The van der Waals surface area contributed by atoms with E-state index in [0.29, 0.717) is 19.0 Å². The maximum atomic E-state index is 6.00. The largest absolute Gasteiger partial charge is 0.486 e. The number of fused-ring (bicyclic) bond motifs is 1. The van der Waals surface area contributed by atoms with Crippen LogP contribution in [0.3, 0.4) is 0 Å². The number of nitrogens with one attached hydrogen (secondary N) is 1. The van der Waals surface area contributed by atoms with Gasteiger partial charge in [0.1, 0.15) is 18.5 Å². The standard InChI is InChI=1S/C20H20N4O2/c1-13-14(2)23-20(15-6-5-9-21-10-15)24-19(13)22-11-16-12-25-17-7-3-4-8-18(17)26-16/h3-10,16H,11-12H2,1-2H3,(H,22,23,24). The molecule has 0 fully saturated rings. The molecular formula is C20H20N4O2. The smallest absolute Gasteiger partial charge is 0.163 e. The van der Waals surface area contributed by atoms with Crippen LogP contribution in [0.1, 0.15) is 11.3 Å². The van der Waals surface area contributed by atoms with Crippen molar-refractivity contribution in [2.45, 2.75) is 20.0 Å². The summed E-state index contributed by atoms with van der Waals surface area (Å²) in [4.78, 5) is 13.4. The first kappa shape index (κ1) is 16.3. The van der Waals surface area contributed by atoms with Gasteiger partial charge in [0.05, 0.1) is 6.54 Å². The predicted octanol–water partition coefficient (Wildman–Crippen LogP) is 3.41. The zero-order valence-corrected chi connectivity index (χ0v) is 14.8. The number of nitrogens with zero attached hydrogens (tertiary/aromatic N) is 3. The summed E-state index contributed by atoms with van der Waals surface area (Å²) in [5, 5.41) is 3.39. The zero-order chi connectivity index (χ0) is 17.9. The fourth-order valence-electron chi connectivity index (χ4n) is 2.80. The van der Waals surface area contributed by atoms with Crippen LogP contribution < -0.4 is 14.8 Å². The van der Waals surface area contributed by atoms with Crippen molar-refractivity contribution < 1.29 is 9.47 Å². The molecule has 1 atom stereocenters. The summed E-state index contributed by atoms with van der Waals surface area (Å²) < 4.78 is 11.8. The Balaban J connectivity index is 1.51. The van der Waals surface area contributed by atoms with E-state index in [0.717, 1.165) is 34.1 Å². The van der Waals surface area contributed by atoms with Crippen LogP contribution in [-0.2, 0) is 0 Å². The highest BCUT2D eigenvalue weighted by Crippen LogP contribution is 2.31. The highest BCUT2D eigenvalue weighted by molar-refractivity contribution is 5.58. The Morgan fingerprint density at radius 3 is 2.73 bits per heavy atom. The van der Waals surface area contributed by atoms with E-state index in [-0.39, 0.29) is 6.10 Å². The number of pyridine rings is 1. The van der Waals surface area contributed by atoms with Crippen LogP contribution in [0, 0.1) is 13.8 Å². The van der Waals surface area contributed by atoms with Crippen molar-refractivity contribution in [2.75, 3.05) is 18.5 Å². The number of rotatable bonds is 4. The molecular weight excluding hydrogens is 328 g/mol. The van der Waals surface area contributed by atoms with Gasteiger partial charge in [-0.25, -0.2) is 9.97 Å². The van der Waals surface area contributed by atoms with E-state index in [9.17, 15) is 0 Å². The third kappa shape index (κ3) is 3.31. The second-order valence-corrected chi connectivity index (χ2v) is 6.23. The molecule has 0 saturated carbocycles. The van der Waals surface area contributed by atoms with Gasteiger partial charge in [-0.2, -0.15) is 0 Å². The molecule has 0 bridgehead atoms. The summed E-state index contributed by atoms with van der Waals surface area (Å²) in [5.41, 5.74) is 2.85. The minimum absolute atomic E-state index is 0.0820. The maximum absolute atomic E-state index is 6.00. The summed E-state index contributed by atoms with van der Waals surface area (Å²) in [5.74, 6) is 3.03. The van der Waals surface area contributed by atoms with Crippen LogP contribution in [0.2, 0.25) is 0 Å². The van der Waals surface area contributed by atoms with E-state index in [1.54, 1.807) is 12.4 Å². The van der Waals surface area contributed by atoms with Crippen molar-refractivity contribution in [3.05, 3.63) is 60.0 Å². The van der Waals surface area contributed by atoms with Crippen molar-refractivity contribution in [1.29, 1.82) is 0 Å². The van der Waals surface area contributed by atoms with Gasteiger partial charge >= 0.3 is 0 Å². The first-order valence-corrected chi connectivity index (χ1v) is 8.58. The fraction of sp³-hybridized carbons (Fsp3) is 0.250. The highest BCUT2D eigenvalue weighted by Gasteiger charge is 2.21. The fourth-order valence-corrected chi connectivity index (χ4v) is 2.80. The molecule has 4 rings (SSSR count). The predicted molar refractivity (Wildman–Crippen MR) is 99.6 cm³/mol. The highest BCUT2D eigenvalue weighted by atomic mass is 16.6. The van der Waals surface area contributed by atoms with Crippen LogP contribution in [0.25, 0.3) is 11.4 Å². The topological polar surface area (TPSA) is 69.2 Å². The van der Waals surface area contributed by atoms with Crippen LogP contribution in [0.4, 0.5) is 5.82 Å². The monoisotopic (exact) mass is 348 g/mol. The van der Waals surface area contributed by atoms with Gasteiger partial charge in [-0.3, -0.25) is 4.98 Å². The molecule has 0 saturated heterocycles. The average Bonchev–Trinajstić information content (AvgIpc) is 2.69. The molecule has 3 heterocycles. The van der Waals surface area contributed by atoms with E-state index < -0.39 is 0 Å². The molecule has 0 aliphatic carbocycles. The summed E-state index contributed by atoms with van der Waals surface area (Å²) in [6.45, 7) is 5.09. The Morgan fingerprint density at radius 1 is 1.08 bits per heavy atom. The zero-order valence-electron chi connectivity index (χ0n) is 14.8. The van der Waals surface area contributed by atoms with E-state index in [1.165, 1.54) is 0 Å². The van der Waals surface area contributed by atoms with Gasteiger partial charge in [0.2, 0.25) is 0 Å². The number of hydrogen-bond donors (Lipinski definition) is 1. The van der Waals surface area contributed by atoms with Crippen LogP contribution in [0.5, 0.6) is 11.5 Å². The molecule has 3 aromatic rings. The van der Waals surface area contributed by atoms with E-state index >= 15 is 0 Å². The molecule has 132 valence electrons. The summed E-state index contributed by atoms with van der Waals surface area (Å²) in [6.07, 6.45) is 3.42.